The summed E-state index contributed by atoms with van der Waals surface area (Å²) in [5.41, 5.74) is 2.41. The highest BCUT2D eigenvalue weighted by atomic mass is 35.5. The summed E-state index contributed by atoms with van der Waals surface area (Å²) in [5.74, 6) is 1.69. The van der Waals surface area contributed by atoms with E-state index in [9.17, 15) is 0 Å². The van der Waals surface area contributed by atoms with Crippen molar-refractivity contribution in [3.05, 3.63) is 24.2 Å². The van der Waals surface area contributed by atoms with Crippen molar-refractivity contribution in [1.82, 2.24) is 14.5 Å². The normalized spacial score (nSPS) is 17.9. The summed E-state index contributed by atoms with van der Waals surface area (Å²) in [6.45, 7) is 3.38. The van der Waals surface area contributed by atoms with Crippen molar-refractivity contribution in [2.75, 3.05) is 5.88 Å². The molecule has 3 rings (SSSR count). The van der Waals surface area contributed by atoms with E-state index in [0.29, 0.717) is 11.3 Å². The molecule has 3 nitrogen and oxygen atoms in total. The first-order valence-electron chi connectivity index (χ1n) is 6.58. The number of hydrogen-bond donors (Lipinski definition) is 0. The van der Waals surface area contributed by atoms with Crippen LogP contribution in [-0.2, 0) is 13.0 Å². The zero-order valence-electron chi connectivity index (χ0n) is 10.7. The second kappa shape index (κ2) is 4.54. The van der Waals surface area contributed by atoms with Gasteiger partial charge in [-0.05, 0) is 30.4 Å². The number of halogens is 1. The Balaban J connectivity index is 2.03. The van der Waals surface area contributed by atoms with Crippen LogP contribution in [0.3, 0.4) is 0 Å². The van der Waals surface area contributed by atoms with Crippen molar-refractivity contribution in [3.8, 4) is 0 Å². The van der Waals surface area contributed by atoms with Gasteiger partial charge in [-0.2, -0.15) is 0 Å². The molecular weight excluding hydrogens is 246 g/mol. The van der Waals surface area contributed by atoms with Crippen LogP contribution in [0.1, 0.15) is 32.0 Å². The molecule has 0 aliphatic heterocycles. The third-order valence-corrected chi connectivity index (χ3v) is 4.19. The SMILES string of the molecule is CC1(Cn2c(CCCl)nc3cccnc32)CCC1. The minimum atomic E-state index is 0.423. The van der Waals surface area contributed by atoms with Gasteiger partial charge in [0, 0.05) is 25.0 Å². The Morgan fingerprint density at radius 1 is 1.44 bits per heavy atom. The molecule has 1 saturated carbocycles. The lowest BCUT2D eigenvalue weighted by molar-refractivity contribution is 0.132. The van der Waals surface area contributed by atoms with Crippen LogP contribution < -0.4 is 0 Å². The van der Waals surface area contributed by atoms with E-state index in [2.05, 4.69) is 21.5 Å². The van der Waals surface area contributed by atoms with Gasteiger partial charge in [0.05, 0.1) is 0 Å². The molecule has 4 heteroatoms. The zero-order valence-corrected chi connectivity index (χ0v) is 11.5. The molecule has 0 spiro atoms. The molecule has 1 fully saturated rings. The maximum absolute atomic E-state index is 5.88. The van der Waals surface area contributed by atoms with Crippen molar-refractivity contribution in [2.45, 2.75) is 39.2 Å². The fraction of sp³-hybridized carbons (Fsp3) is 0.571. The number of rotatable bonds is 4. The summed E-state index contributed by atoms with van der Waals surface area (Å²) < 4.78 is 2.27. The van der Waals surface area contributed by atoms with E-state index >= 15 is 0 Å². The van der Waals surface area contributed by atoms with E-state index in [-0.39, 0.29) is 0 Å². The summed E-state index contributed by atoms with van der Waals surface area (Å²) in [7, 11) is 0. The quantitative estimate of drug-likeness (QED) is 0.792. The molecule has 96 valence electrons. The van der Waals surface area contributed by atoms with Gasteiger partial charge >= 0.3 is 0 Å². The second-order valence-corrected chi connectivity index (χ2v) is 5.94. The lowest BCUT2D eigenvalue weighted by Gasteiger charge is -2.39. The van der Waals surface area contributed by atoms with Gasteiger partial charge in [-0.1, -0.05) is 13.3 Å². The summed E-state index contributed by atoms with van der Waals surface area (Å²) in [6.07, 6.45) is 6.61. The molecule has 2 heterocycles. The lowest BCUT2D eigenvalue weighted by Crippen LogP contribution is -2.31. The van der Waals surface area contributed by atoms with Gasteiger partial charge in [0.15, 0.2) is 5.65 Å². The van der Waals surface area contributed by atoms with Crippen LogP contribution in [0.25, 0.3) is 11.2 Å². The fourth-order valence-electron chi connectivity index (χ4n) is 2.77. The summed E-state index contributed by atoms with van der Waals surface area (Å²) >= 11 is 5.88. The average Bonchev–Trinajstić information content (AvgIpc) is 2.66. The number of alkyl halides is 1. The van der Waals surface area contributed by atoms with Crippen LogP contribution in [0.15, 0.2) is 18.3 Å². The first-order chi connectivity index (χ1) is 8.72. The van der Waals surface area contributed by atoms with Gasteiger partial charge in [0.2, 0.25) is 0 Å². The Hall–Kier alpha value is -1.09. The number of aromatic nitrogens is 3. The third kappa shape index (κ3) is 2.01. The molecule has 1 aliphatic rings. The van der Waals surface area contributed by atoms with Crippen molar-refractivity contribution in [3.63, 3.8) is 0 Å². The molecule has 0 N–H and O–H groups in total. The molecule has 0 saturated heterocycles. The minimum Gasteiger partial charge on any atom is -0.312 e. The predicted octanol–water partition coefficient (Wildman–Crippen LogP) is 3.40. The summed E-state index contributed by atoms with van der Waals surface area (Å²) in [6, 6.07) is 3.97. The first kappa shape index (κ1) is 12.0. The molecule has 0 unspecified atom stereocenters. The van der Waals surface area contributed by atoms with E-state index in [1.807, 2.05) is 18.3 Å². The third-order valence-electron chi connectivity index (χ3n) is 4.00. The van der Waals surface area contributed by atoms with Gasteiger partial charge in [0.1, 0.15) is 11.3 Å². The number of nitrogens with zero attached hydrogens (tertiary/aromatic N) is 3. The van der Waals surface area contributed by atoms with Crippen LogP contribution in [0.4, 0.5) is 0 Å². The molecule has 2 aromatic heterocycles. The molecule has 18 heavy (non-hydrogen) atoms. The molecule has 0 atom stereocenters. The van der Waals surface area contributed by atoms with Crippen molar-refractivity contribution in [2.24, 2.45) is 5.41 Å². The number of fused-ring (bicyclic) bond motifs is 1. The summed E-state index contributed by atoms with van der Waals surface area (Å²) in [5, 5.41) is 0. The van der Waals surface area contributed by atoms with Crippen molar-refractivity contribution < 1.29 is 0 Å². The highest BCUT2D eigenvalue weighted by Crippen LogP contribution is 2.42. The largest absolute Gasteiger partial charge is 0.312 e. The number of imidazole rings is 1. The van der Waals surface area contributed by atoms with Gasteiger partial charge in [-0.3, -0.25) is 0 Å². The zero-order chi connectivity index (χ0) is 12.6. The molecule has 0 radical (unpaired) electrons. The Kier molecular flexibility index (Phi) is 3.02. The highest BCUT2D eigenvalue weighted by Gasteiger charge is 2.33. The number of aryl methyl sites for hydroxylation is 1. The van der Waals surface area contributed by atoms with E-state index in [4.69, 9.17) is 11.6 Å². The highest BCUT2D eigenvalue weighted by molar-refractivity contribution is 6.17. The molecule has 0 bridgehead atoms. The topological polar surface area (TPSA) is 30.7 Å². The van der Waals surface area contributed by atoms with Gasteiger partial charge in [-0.15, -0.1) is 11.6 Å². The molecule has 0 amide bonds. The van der Waals surface area contributed by atoms with E-state index in [1.54, 1.807) is 0 Å². The predicted molar refractivity (Wildman–Crippen MR) is 73.9 cm³/mol. The monoisotopic (exact) mass is 263 g/mol. The molecule has 1 aliphatic carbocycles. The van der Waals surface area contributed by atoms with Crippen LogP contribution >= 0.6 is 11.6 Å². The number of pyridine rings is 1. The Morgan fingerprint density at radius 3 is 2.94 bits per heavy atom. The lowest BCUT2D eigenvalue weighted by atomic mass is 9.70. The Morgan fingerprint density at radius 2 is 2.28 bits per heavy atom. The van der Waals surface area contributed by atoms with E-state index in [1.165, 1.54) is 19.3 Å². The van der Waals surface area contributed by atoms with Gasteiger partial charge in [-0.25, -0.2) is 9.97 Å². The smallest absolute Gasteiger partial charge is 0.160 e. The van der Waals surface area contributed by atoms with Crippen LogP contribution in [-0.4, -0.2) is 20.4 Å². The van der Waals surface area contributed by atoms with Gasteiger partial charge < -0.3 is 4.57 Å². The Bertz CT molecular complexity index is 557. The van der Waals surface area contributed by atoms with Crippen LogP contribution in [0.5, 0.6) is 0 Å². The van der Waals surface area contributed by atoms with E-state index in [0.717, 1.165) is 30.0 Å². The molecular formula is C14H18ClN3. The van der Waals surface area contributed by atoms with Crippen molar-refractivity contribution >= 4 is 22.8 Å². The maximum atomic E-state index is 5.88. The van der Waals surface area contributed by atoms with Crippen LogP contribution in [0, 0.1) is 5.41 Å². The van der Waals surface area contributed by atoms with Crippen molar-refractivity contribution in [1.29, 1.82) is 0 Å². The average molecular weight is 264 g/mol. The first-order valence-corrected chi connectivity index (χ1v) is 7.11. The molecule has 2 aromatic rings. The minimum absolute atomic E-state index is 0.423. The van der Waals surface area contributed by atoms with Gasteiger partial charge in [0.25, 0.3) is 0 Å². The van der Waals surface area contributed by atoms with Crippen LogP contribution in [0.2, 0.25) is 0 Å². The number of hydrogen-bond acceptors (Lipinski definition) is 2. The summed E-state index contributed by atoms with van der Waals surface area (Å²) in [4.78, 5) is 9.14. The fourth-order valence-corrected chi connectivity index (χ4v) is 2.94. The van der Waals surface area contributed by atoms with E-state index < -0.39 is 0 Å². The second-order valence-electron chi connectivity index (χ2n) is 5.56. The standard InChI is InChI=1S/C14H18ClN3/c1-14(6-3-7-14)10-18-12(5-8-15)17-11-4-2-9-16-13(11)18/h2,4,9H,3,5-8,10H2,1H3. The Labute approximate surface area is 112 Å². The molecule has 0 aromatic carbocycles. The maximum Gasteiger partial charge on any atom is 0.160 e.